The molecule has 3 nitrogen and oxygen atoms in total. The minimum Gasteiger partial charge on any atom is -0.335 e. The summed E-state index contributed by atoms with van der Waals surface area (Å²) in [5.74, 6) is 1.74. The summed E-state index contributed by atoms with van der Waals surface area (Å²) in [6.07, 6.45) is 6.77. The predicted octanol–water partition coefficient (Wildman–Crippen LogP) is 3.71. The fourth-order valence-corrected chi connectivity index (χ4v) is 5.30. The first-order valence-corrected chi connectivity index (χ1v) is 9.29. The van der Waals surface area contributed by atoms with Gasteiger partial charge in [-0.2, -0.15) is 0 Å². The minimum absolute atomic E-state index is 0. The van der Waals surface area contributed by atoms with Crippen LogP contribution in [0.1, 0.15) is 56.2 Å². The van der Waals surface area contributed by atoms with Crippen LogP contribution in [-0.2, 0) is 11.2 Å². The van der Waals surface area contributed by atoms with Crippen molar-refractivity contribution in [1.29, 1.82) is 0 Å². The Hall–Kier alpha value is -1.06. The Morgan fingerprint density at radius 1 is 1.17 bits per heavy atom. The molecule has 4 heteroatoms. The topological polar surface area (TPSA) is 46.3 Å². The number of carbonyl (C=O) groups is 1. The molecular weight excluding hydrogens is 320 g/mol. The van der Waals surface area contributed by atoms with E-state index in [1.54, 1.807) is 0 Å². The summed E-state index contributed by atoms with van der Waals surface area (Å²) in [6, 6.07) is 9.14. The van der Waals surface area contributed by atoms with Gasteiger partial charge in [-0.15, -0.1) is 12.4 Å². The lowest BCUT2D eigenvalue weighted by Gasteiger charge is -2.46. The van der Waals surface area contributed by atoms with Crippen LogP contribution in [0.25, 0.3) is 0 Å². The number of amides is 1. The molecule has 1 aliphatic heterocycles. The minimum atomic E-state index is 0. The molecule has 2 N–H and O–H groups in total. The molecule has 0 aromatic heterocycles. The maximum absolute atomic E-state index is 13.2. The highest BCUT2D eigenvalue weighted by Crippen LogP contribution is 2.43. The Bertz CT molecular complexity index is 591. The molecule has 24 heavy (non-hydrogen) atoms. The van der Waals surface area contributed by atoms with Gasteiger partial charge in [-0.05, 0) is 62.0 Å². The fourth-order valence-electron chi connectivity index (χ4n) is 5.30. The van der Waals surface area contributed by atoms with Gasteiger partial charge in [-0.25, -0.2) is 0 Å². The lowest BCUT2D eigenvalue weighted by molar-refractivity contribution is -0.141. The zero-order valence-corrected chi connectivity index (χ0v) is 15.3. The Labute approximate surface area is 151 Å². The second-order valence-electron chi connectivity index (χ2n) is 7.85. The number of nitrogens with zero attached hydrogens (tertiary/aromatic N) is 1. The van der Waals surface area contributed by atoms with Crippen molar-refractivity contribution in [3.8, 4) is 0 Å². The molecule has 2 saturated carbocycles. The van der Waals surface area contributed by atoms with E-state index < -0.39 is 0 Å². The monoisotopic (exact) mass is 348 g/mol. The van der Waals surface area contributed by atoms with E-state index in [1.807, 2.05) is 0 Å². The molecule has 1 aromatic rings. The van der Waals surface area contributed by atoms with E-state index in [1.165, 1.54) is 30.4 Å². The first kappa shape index (κ1) is 17.8. The average Bonchev–Trinajstić information content (AvgIpc) is 2.55. The molecule has 1 aromatic carbocycles. The summed E-state index contributed by atoms with van der Waals surface area (Å²) in [6.45, 7) is 3.06. The van der Waals surface area contributed by atoms with Gasteiger partial charge in [0.25, 0.3) is 0 Å². The van der Waals surface area contributed by atoms with Crippen molar-refractivity contribution in [2.75, 3.05) is 6.54 Å². The van der Waals surface area contributed by atoms with Gasteiger partial charge in [-0.1, -0.05) is 30.7 Å². The summed E-state index contributed by atoms with van der Waals surface area (Å²) in [4.78, 5) is 15.3. The van der Waals surface area contributed by atoms with Gasteiger partial charge in [0.1, 0.15) is 0 Å². The van der Waals surface area contributed by atoms with Gasteiger partial charge in [-0.3, -0.25) is 4.79 Å². The normalized spacial score (nSPS) is 34.9. The van der Waals surface area contributed by atoms with Crippen molar-refractivity contribution in [2.45, 2.75) is 57.5 Å². The predicted molar refractivity (Wildman–Crippen MR) is 99.1 cm³/mol. The third kappa shape index (κ3) is 2.97. The van der Waals surface area contributed by atoms with Crippen molar-refractivity contribution in [3.63, 3.8) is 0 Å². The Morgan fingerprint density at radius 3 is 2.54 bits per heavy atom. The molecule has 132 valence electrons. The van der Waals surface area contributed by atoms with Crippen LogP contribution in [0, 0.1) is 17.8 Å². The Kier molecular flexibility index (Phi) is 5.22. The molecule has 3 aliphatic rings. The van der Waals surface area contributed by atoms with Crippen LogP contribution in [0.4, 0.5) is 0 Å². The zero-order chi connectivity index (χ0) is 16.0. The summed E-state index contributed by atoms with van der Waals surface area (Å²) in [5, 5.41) is 0. The summed E-state index contributed by atoms with van der Waals surface area (Å²) >= 11 is 0. The number of rotatable bonds is 1. The van der Waals surface area contributed by atoms with Gasteiger partial charge in [0.15, 0.2) is 0 Å². The van der Waals surface area contributed by atoms with Crippen molar-refractivity contribution < 1.29 is 4.79 Å². The zero-order valence-electron chi connectivity index (χ0n) is 14.5. The van der Waals surface area contributed by atoms with Crippen molar-refractivity contribution in [1.82, 2.24) is 4.90 Å². The standard InChI is InChI=1S/C20H28N2O.ClH/c1-13-18-8-3-2-5-14(18)9-10-22(13)20(23)17-11-15-6-4-7-16(12-17)19(15)21;/h2-3,5,8,13,15-17,19H,4,6-7,9-12,21H2,1H3;1H. The number of fused-ring (bicyclic) bond motifs is 3. The van der Waals surface area contributed by atoms with E-state index >= 15 is 0 Å². The second kappa shape index (κ2) is 7.05. The highest BCUT2D eigenvalue weighted by molar-refractivity contribution is 5.85. The van der Waals surface area contributed by atoms with Crippen LogP contribution in [0.5, 0.6) is 0 Å². The molecule has 4 rings (SSSR count). The molecule has 2 aliphatic carbocycles. The van der Waals surface area contributed by atoms with E-state index in [0.717, 1.165) is 25.8 Å². The number of nitrogens with two attached hydrogens (primary N) is 1. The second-order valence-corrected chi connectivity index (χ2v) is 7.85. The van der Waals surface area contributed by atoms with Gasteiger partial charge in [0.05, 0.1) is 6.04 Å². The number of hydrogen-bond acceptors (Lipinski definition) is 2. The third-order valence-electron chi connectivity index (χ3n) is 6.64. The van der Waals surface area contributed by atoms with E-state index in [-0.39, 0.29) is 24.4 Å². The van der Waals surface area contributed by atoms with Crippen LogP contribution in [-0.4, -0.2) is 23.4 Å². The molecule has 3 unspecified atom stereocenters. The molecule has 1 heterocycles. The maximum Gasteiger partial charge on any atom is 0.226 e. The van der Waals surface area contributed by atoms with E-state index in [4.69, 9.17) is 5.73 Å². The first-order valence-electron chi connectivity index (χ1n) is 9.29. The van der Waals surface area contributed by atoms with Crippen LogP contribution in [0.2, 0.25) is 0 Å². The highest BCUT2D eigenvalue weighted by Gasteiger charge is 2.42. The highest BCUT2D eigenvalue weighted by atomic mass is 35.5. The lowest BCUT2D eigenvalue weighted by Crippen LogP contribution is -2.50. The van der Waals surface area contributed by atoms with Crippen LogP contribution < -0.4 is 5.73 Å². The molecule has 2 fully saturated rings. The maximum atomic E-state index is 13.2. The van der Waals surface area contributed by atoms with Gasteiger partial charge < -0.3 is 10.6 Å². The van der Waals surface area contributed by atoms with Gasteiger partial charge in [0, 0.05) is 18.5 Å². The molecule has 0 radical (unpaired) electrons. The van der Waals surface area contributed by atoms with Crippen molar-refractivity contribution in [2.24, 2.45) is 23.5 Å². The number of hydrogen-bond donors (Lipinski definition) is 1. The molecular formula is C20H29ClN2O. The van der Waals surface area contributed by atoms with Crippen LogP contribution in [0.15, 0.2) is 24.3 Å². The summed E-state index contributed by atoms with van der Waals surface area (Å²) in [7, 11) is 0. The van der Waals surface area contributed by atoms with E-state index in [0.29, 0.717) is 23.8 Å². The largest absolute Gasteiger partial charge is 0.335 e. The smallest absolute Gasteiger partial charge is 0.226 e. The molecule has 0 saturated heterocycles. The summed E-state index contributed by atoms with van der Waals surface area (Å²) < 4.78 is 0. The van der Waals surface area contributed by atoms with Gasteiger partial charge in [0.2, 0.25) is 5.91 Å². The first-order chi connectivity index (χ1) is 11.1. The Morgan fingerprint density at radius 2 is 1.83 bits per heavy atom. The SMILES string of the molecule is CC1c2ccccc2CCN1C(=O)C1CC2CCCC(C1)C2N.Cl. The lowest BCUT2D eigenvalue weighted by atomic mass is 9.64. The van der Waals surface area contributed by atoms with Crippen molar-refractivity contribution >= 4 is 18.3 Å². The van der Waals surface area contributed by atoms with E-state index in [2.05, 4.69) is 36.1 Å². The summed E-state index contributed by atoms with van der Waals surface area (Å²) in [5.41, 5.74) is 9.13. The third-order valence-corrected chi connectivity index (χ3v) is 6.64. The van der Waals surface area contributed by atoms with E-state index in [9.17, 15) is 4.79 Å². The van der Waals surface area contributed by atoms with Crippen LogP contribution >= 0.6 is 12.4 Å². The quantitative estimate of drug-likeness (QED) is 0.841. The number of halogens is 1. The Balaban J connectivity index is 0.00000169. The fraction of sp³-hybridized carbons (Fsp3) is 0.650. The number of carbonyl (C=O) groups excluding carboxylic acids is 1. The molecule has 3 atom stereocenters. The molecule has 1 amide bonds. The van der Waals surface area contributed by atoms with Crippen LogP contribution in [0.3, 0.4) is 0 Å². The van der Waals surface area contributed by atoms with Gasteiger partial charge >= 0.3 is 0 Å². The van der Waals surface area contributed by atoms with Crippen molar-refractivity contribution in [3.05, 3.63) is 35.4 Å². The molecule has 0 spiro atoms. The number of benzene rings is 1. The molecule has 2 bridgehead atoms. The average molecular weight is 349 g/mol.